The molecule has 0 spiro atoms. The first kappa shape index (κ1) is 17.3. The van der Waals surface area contributed by atoms with Gasteiger partial charge in [0.2, 0.25) is 0 Å². The van der Waals surface area contributed by atoms with Crippen molar-refractivity contribution in [3.8, 4) is 5.75 Å². The fourth-order valence-corrected chi connectivity index (χ4v) is 4.67. The van der Waals surface area contributed by atoms with Gasteiger partial charge in [-0.25, -0.2) is 0 Å². The second kappa shape index (κ2) is 6.89. The van der Waals surface area contributed by atoms with Crippen LogP contribution in [-0.2, 0) is 0 Å². The van der Waals surface area contributed by atoms with Crippen molar-refractivity contribution in [2.75, 3.05) is 37.5 Å². The van der Waals surface area contributed by atoms with Crippen LogP contribution in [0.1, 0.15) is 23.5 Å². The second-order valence-electron chi connectivity index (χ2n) is 7.46. The molecular weight excluding hydrogens is 342 g/mol. The molecule has 2 N–H and O–H groups in total. The monoisotopic (exact) mass is 368 g/mol. The van der Waals surface area contributed by atoms with Crippen LogP contribution in [0.5, 0.6) is 5.75 Å². The highest BCUT2D eigenvalue weighted by Gasteiger charge is 2.44. The largest absolute Gasteiger partial charge is 0.497 e. The summed E-state index contributed by atoms with van der Waals surface area (Å²) in [6.07, 6.45) is 1.16. The number of hydrogen-bond donors (Lipinski definition) is 2. The van der Waals surface area contributed by atoms with Crippen LogP contribution in [0, 0.1) is 6.92 Å². The van der Waals surface area contributed by atoms with Gasteiger partial charge in [-0.2, -0.15) is 0 Å². The summed E-state index contributed by atoms with van der Waals surface area (Å²) in [7, 11) is 3.97. The number of piperidine rings is 1. The molecule has 5 heteroatoms. The Hall–Kier alpha value is -2.11. The summed E-state index contributed by atoms with van der Waals surface area (Å²) in [5, 5.41) is 4.21. The smallest absolute Gasteiger partial charge is 0.178 e. The molecule has 1 saturated heterocycles. The van der Waals surface area contributed by atoms with E-state index in [1.807, 2.05) is 24.3 Å². The number of fused-ring (bicyclic) bond motifs is 3. The summed E-state index contributed by atoms with van der Waals surface area (Å²) in [6.45, 7) is 4.53. The van der Waals surface area contributed by atoms with Gasteiger partial charge in [0, 0.05) is 17.8 Å². The van der Waals surface area contributed by atoms with Gasteiger partial charge in [-0.15, -0.1) is 0 Å². The summed E-state index contributed by atoms with van der Waals surface area (Å²) >= 11 is 5.84. The number of benzene rings is 2. The highest BCUT2D eigenvalue weighted by atomic mass is 32.1. The Labute approximate surface area is 160 Å². The van der Waals surface area contributed by atoms with Gasteiger partial charge in [0.15, 0.2) is 5.11 Å². The molecule has 136 valence electrons. The number of quaternary nitrogens is 1. The van der Waals surface area contributed by atoms with E-state index in [0.29, 0.717) is 12.0 Å². The first-order chi connectivity index (χ1) is 12.6. The van der Waals surface area contributed by atoms with E-state index in [4.69, 9.17) is 17.0 Å². The van der Waals surface area contributed by atoms with E-state index in [0.717, 1.165) is 23.0 Å². The van der Waals surface area contributed by atoms with Crippen LogP contribution in [0.4, 0.5) is 11.4 Å². The van der Waals surface area contributed by atoms with Crippen LogP contribution >= 0.6 is 12.2 Å². The van der Waals surface area contributed by atoms with Crippen molar-refractivity contribution in [2.45, 2.75) is 25.3 Å². The van der Waals surface area contributed by atoms with Gasteiger partial charge < -0.3 is 19.9 Å². The molecule has 0 radical (unpaired) electrons. The SMILES string of the molecule is COc1ccc(NC(=S)N2c3ccc(C)cc3[C@@H]3C[NH+](C)CC[C@H]32)cc1. The molecule has 0 bridgehead atoms. The molecule has 2 aliphatic rings. The van der Waals surface area contributed by atoms with Crippen molar-refractivity contribution in [3.05, 3.63) is 53.6 Å². The lowest BCUT2D eigenvalue weighted by atomic mass is 9.89. The molecule has 2 aromatic carbocycles. The number of ether oxygens (including phenoxy) is 1. The Morgan fingerprint density at radius 3 is 2.73 bits per heavy atom. The Morgan fingerprint density at radius 2 is 2.00 bits per heavy atom. The van der Waals surface area contributed by atoms with Gasteiger partial charge in [-0.1, -0.05) is 17.7 Å². The lowest BCUT2D eigenvalue weighted by Gasteiger charge is -2.35. The van der Waals surface area contributed by atoms with Crippen molar-refractivity contribution in [2.24, 2.45) is 0 Å². The second-order valence-corrected chi connectivity index (χ2v) is 7.85. The Balaban J connectivity index is 1.63. The van der Waals surface area contributed by atoms with E-state index in [1.165, 1.54) is 29.9 Å². The number of hydrogen-bond acceptors (Lipinski definition) is 2. The molecule has 3 atom stereocenters. The van der Waals surface area contributed by atoms with Gasteiger partial charge in [0.1, 0.15) is 5.75 Å². The standard InChI is InChI=1S/C21H25N3OS/c1-14-4-9-19-17(12-14)18-13-23(2)11-10-20(18)24(19)21(26)22-15-5-7-16(25-3)8-6-15/h4-9,12,18,20H,10-11,13H2,1-3H3,(H,22,26)/p+1/t18-,20+/m0/s1. The predicted octanol–water partition coefficient (Wildman–Crippen LogP) is 2.59. The maximum atomic E-state index is 5.84. The normalized spacial score (nSPS) is 24.0. The first-order valence-corrected chi connectivity index (χ1v) is 9.64. The number of nitrogens with zero attached hydrogens (tertiary/aromatic N) is 1. The minimum atomic E-state index is 0.453. The number of nitrogens with one attached hydrogen (secondary N) is 2. The zero-order valence-corrected chi connectivity index (χ0v) is 16.4. The molecule has 2 aliphatic heterocycles. The number of anilines is 2. The lowest BCUT2D eigenvalue weighted by molar-refractivity contribution is -0.886. The molecule has 0 saturated carbocycles. The van der Waals surface area contributed by atoms with Gasteiger partial charge in [-0.05, 0) is 55.0 Å². The number of rotatable bonds is 2. The van der Waals surface area contributed by atoms with E-state index >= 15 is 0 Å². The summed E-state index contributed by atoms with van der Waals surface area (Å²) in [6, 6.07) is 15.1. The summed E-state index contributed by atoms with van der Waals surface area (Å²) in [5.74, 6) is 1.40. The lowest BCUT2D eigenvalue weighted by Crippen LogP contribution is -3.11. The van der Waals surface area contributed by atoms with Crippen LogP contribution in [0.25, 0.3) is 0 Å². The average Bonchev–Trinajstić information content (AvgIpc) is 2.95. The fourth-order valence-electron chi connectivity index (χ4n) is 4.32. The topological polar surface area (TPSA) is 28.9 Å². The van der Waals surface area contributed by atoms with E-state index in [2.05, 4.69) is 42.4 Å². The number of thiocarbonyl (C=S) groups is 1. The first-order valence-electron chi connectivity index (χ1n) is 9.23. The molecule has 4 rings (SSSR count). The molecule has 0 aromatic heterocycles. The van der Waals surface area contributed by atoms with Crippen molar-refractivity contribution in [1.82, 2.24) is 0 Å². The third-order valence-corrected chi connectivity index (χ3v) is 5.93. The fraction of sp³-hybridized carbons (Fsp3) is 0.381. The summed E-state index contributed by atoms with van der Waals surface area (Å²) < 4.78 is 5.24. The molecule has 2 aromatic rings. The van der Waals surface area contributed by atoms with Crippen molar-refractivity contribution >= 4 is 28.7 Å². The van der Waals surface area contributed by atoms with E-state index < -0.39 is 0 Å². The Bertz CT molecular complexity index is 821. The van der Waals surface area contributed by atoms with Crippen molar-refractivity contribution in [3.63, 3.8) is 0 Å². The minimum absolute atomic E-state index is 0.453. The molecular formula is C21H26N3OS+. The maximum absolute atomic E-state index is 5.84. The number of methoxy groups -OCH3 is 1. The zero-order chi connectivity index (χ0) is 18.3. The number of likely N-dealkylation sites (tertiary alicyclic amines) is 1. The third-order valence-electron chi connectivity index (χ3n) is 5.63. The molecule has 2 heterocycles. The van der Waals surface area contributed by atoms with Gasteiger partial charge in [0.25, 0.3) is 0 Å². The van der Waals surface area contributed by atoms with Crippen LogP contribution in [0.15, 0.2) is 42.5 Å². The van der Waals surface area contributed by atoms with E-state index in [1.54, 1.807) is 12.0 Å². The highest BCUT2D eigenvalue weighted by molar-refractivity contribution is 7.80. The van der Waals surface area contributed by atoms with Crippen LogP contribution < -0.4 is 19.9 Å². The summed E-state index contributed by atoms with van der Waals surface area (Å²) in [5.41, 5.74) is 5.03. The molecule has 4 nitrogen and oxygen atoms in total. The number of likely N-dealkylation sites (N-methyl/N-ethyl adjacent to an activating group) is 1. The Morgan fingerprint density at radius 1 is 1.23 bits per heavy atom. The molecule has 1 fully saturated rings. The van der Waals surface area contributed by atoms with Crippen LogP contribution in [0.3, 0.4) is 0 Å². The molecule has 0 amide bonds. The third kappa shape index (κ3) is 3.06. The molecule has 0 aliphatic carbocycles. The predicted molar refractivity (Wildman–Crippen MR) is 111 cm³/mol. The van der Waals surface area contributed by atoms with Crippen LogP contribution in [0.2, 0.25) is 0 Å². The highest BCUT2D eigenvalue weighted by Crippen LogP contribution is 2.43. The average molecular weight is 369 g/mol. The Kier molecular flexibility index (Phi) is 4.59. The maximum Gasteiger partial charge on any atom is 0.178 e. The molecule has 26 heavy (non-hydrogen) atoms. The van der Waals surface area contributed by atoms with E-state index in [9.17, 15) is 0 Å². The van der Waals surface area contributed by atoms with Crippen LogP contribution in [-0.4, -0.2) is 38.4 Å². The van der Waals surface area contributed by atoms with Crippen molar-refractivity contribution < 1.29 is 9.64 Å². The summed E-state index contributed by atoms with van der Waals surface area (Å²) in [4.78, 5) is 3.96. The van der Waals surface area contributed by atoms with Crippen molar-refractivity contribution in [1.29, 1.82) is 0 Å². The minimum Gasteiger partial charge on any atom is -0.497 e. The van der Waals surface area contributed by atoms with E-state index in [-0.39, 0.29) is 0 Å². The van der Waals surface area contributed by atoms with Gasteiger partial charge in [-0.3, -0.25) is 0 Å². The number of aryl methyl sites for hydroxylation is 1. The van der Waals surface area contributed by atoms with Gasteiger partial charge in [0.05, 0.1) is 39.2 Å². The van der Waals surface area contributed by atoms with Gasteiger partial charge >= 0.3 is 0 Å². The zero-order valence-electron chi connectivity index (χ0n) is 15.6. The molecule has 1 unspecified atom stereocenters. The quantitative estimate of drug-likeness (QED) is 0.798.